The zero-order valence-electron chi connectivity index (χ0n) is 12.5. The van der Waals surface area contributed by atoms with Crippen LogP contribution >= 0.6 is 11.3 Å². The van der Waals surface area contributed by atoms with E-state index in [-0.39, 0.29) is 11.3 Å². The highest BCUT2D eigenvalue weighted by Gasteiger charge is 2.22. The van der Waals surface area contributed by atoms with Crippen LogP contribution in [0.4, 0.5) is 0 Å². The van der Waals surface area contributed by atoms with Gasteiger partial charge in [0.05, 0.1) is 0 Å². The Bertz CT molecular complexity index is 941. The molecule has 0 aliphatic carbocycles. The summed E-state index contributed by atoms with van der Waals surface area (Å²) in [5.41, 5.74) is 1.84. The second-order valence-electron chi connectivity index (χ2n) is 5.28. The third kappa shape index (κ3) is 3.30. The molecule has 0 bridgehead atoms. The van der Waals surface area contributed by atoms with Crippen molar-refractivity contribution in [1.82, 2.24) is 9.29 Å². The second kappa shape index (κ2) is 6.17. The molecule has 0 aliphatic heterocycles. The number of hydrogen-bond acceptors (Lipinski definition) is 4. The van der Waals surface area contributed by atoms with Crippen LogP contribution in [-0.2, 0) is 28.3 Å². The Morgan fingerprint density at radius 1 is 1.26 bits per heavy atom. The first-order chi connectivity index (χ1) is 11.0. The van der Waals surface area contributed by atoms with E-state index in [1.165, 1.54) is 6.20 Å². The third-order valence-electron chi connectivity index (χ3n) is 3.62. The summed E-state index contributed by atoms with van der Waals surface area (Å²) in [6, 6.07) is 9.13. The second-order valence-corrected chi connectivity index (χ2v) is 7.71. The first-order valence-electron chi connectivity index (χ1n) is 7.08. The molecule has 2 heterocycles. The van der Waals surface area contributed by atoms with Crippen molar-refractivity contribution in [3.05, 3.63) is 52.9 Å². The van der Waals surface area contributed by atoms with E-state index in [1.807, 2.05) is 29.0 Å². The number of benzene rings is 1. The highest BCUT2D eigenvalue weighted by atomic mass is 32.2. The monoisotopic (exact) mass is 348 g/mol. The Labute approximate surface area is 138 Å². The molecule has 23 heavy (non-hydrogen) atoms. The molecule has 3 aromatic rings. The smallest absolute Gasteiger partial charge is 0.266 e. The lowest BCUT2D eigenvalue weighted by Crippen LogP contribution is -2.30. The molecule has 0 radical (unpaired) electrons. The average molecular weight is 348 g/mol. The highest BCUT2D eigenvalue weighted by molar-refractivity contribution is 7.90. The molecule has 0 aliphatic rings. The van der Waals surface area contributed by atoms with E-state index in [9.17, 15) is 13.2 Å². The molecule has 5 nitrogen and oxygen atoms in total. The van der Waals surface area contributed by atoms with Gasteiger partial charge in [0, 0.05) is 30.6 Å². The number of fused-ring (bicyclic) bond motifs is 1. The number of amides is 1. The van der Waals surface area contributed by atoms with E-state index >= 15 is 0 Å². The molecule has 2 aromatic heterocycles. The number of thiophene rings is 1. The fourth-order valence-corrected chi connectivity index (χ4v) is 4.44. The van der Waals surface area contributed by atoms with Crippen LogP contribution in [0.2, 0.25) is 0 Å². The Hall–Kier alpha value is -2.12. The quantitative estimate of drug-likeness (QED) is 0.771. The summed E-state index contributed by atoms with van der Waals surface area (Å²) in [6.45, 7) is 0. The Balaban J connectivity index is 1.79. The van der Waals surface area contributed by atoms with Gasteiger partial charge < -0.3 is 4.57 Å². The Morgan fingerprint density at radius 2 is 2.04 bits per heavy atom. The Morgan fingerprint density at radius 3 is 2.78 bits per heavy atom. The summed E-state index contributed by atoms with van der Waals surface area (Å²) < 4.78 is 28.9. The number of para-hydroxylation sites is 1. The van der Waals surface area contributed by atoms with E-state index in [0.717, 1.165) is 11.1 Å². The molecular formula is C16H16N2O3S2. The fourth-order valence-electron chi connectivity index (χ4n) is 2.47. The number of nitrogens with zero attached hydrogens (tertiary/aromatic N) is 1. The zero-order valence-corrected chi connectivity index (χ0v) is 14.2. The number of rotatable bonds is 5. The van der Waals surface area contributed by atoms with Crippen LogP contribution in [0.1, 0.15) is 12.0 Å². The maximum Gasteiger partial charge on any atom is 0.266 e. The lowest BCUT2D eigenvalue weighted by Gasteiger charge is -2.05. The molecule has 1 amide bonds. The highest BCUT2D eigenvalue weighted by Crippen LogP contribution is 2.24. The van der Waals surface area contributed by atoms with Gasteiger partial charge in [-0.15, -0.1) is 0 Å². The summed E-state index contributed by atoms with van der Waals surface area (Å²) in [7, 11) is -2.10. The zero-order chi connectivity index (χ0) is 16.4. The van der Waals surface area contributed by atoms with Crippen molar-refractivity contribution >= 4 is 38.2 Å². The number of nitrogens with one attached hydrogen (secondary N) is 1. The average Bonchev–Trinajstić information content (AvgIpc) is 3.14. The first kappa shape index (κ1) is 15.8. The van der Waals surface area contributed by atoms with Gasteiger partial charge in [0.1, 0.15) is 4.90 Å². The molecular weight excluding hydrogens is 332 g/mol. The molecule has 0 saturated carbocycles. The topological polar surface area (TPSA) is 68.2 Å². The molecule has 0 saturated heterocycles. The molecule has 7 heteroatoms. The van der Waals surface area contributed by atoms with E-state index in [0.29, 0.717) is 11.8 Å². The van der Waals surface area contributed by atoms with Gasteiger partial charge in [-0.25, -0.2) is 13.1 Å². The van der Waals surface area contributed by atoms with Crippen molar-refractivity contribution in [3.63, 3.8) is 0 Å². The van der Waals surface area contributed by atoms with Crippen molar-refractivity contribution < 1.29 is 13.2 Å². The number of aryl methyl sites for hydroxylation is 2. The molecule has 0 fully saturated rings. The van der Waals surface area contributed by atoms with E-state index < -0.39 is 15.9 Å². The maximum absolute atomic E-state index is 12.5. The minimum atomic E-state index is -3.87. The van der Waals surface area contributed by atoms with Gasteiger partial charge >= 0.3 is 0 Å². The summed E-state index contributed by atoms with van der Waals surface area (Å²) in [6.07, 6.45) is 2.19. The van der Waals surface area contributed by atoms with Crippen LogP contribution in [0, 0.1) is 0 Å². The van der Waals surface area contributed by atoms with Crippen LogP contribution in [0.5, 0.6) is 0 Å². The summed E-state index contributed by atoms with van der Waals surface area (Å²) >= 11 is 1.55. The predicted molar refractivity (Wildman–Crippen MR) is 90.9 cm³/mol. The molecule has 1 aromatic carbocycles. The number of carbonyl (C=O) groups is 1. The van der Waals surface area contributed by atoms with Crippen LogP contribution < -0.4 is 4.72 Å². The lowest BCUT2D eigenvalue weighted by atomic mass is 10.2. The number of aromatic nitrogens is 1. The van der Waals surface area contributed by atoms with Gasteiger partial charge in [0.15, 0.2) is 0 Å². The number of carbonyl (C=O) groups excluding carboxylic acids is 1. The molecule has 1 N–H and O–H groups in total. The number of sulfonamides is 1. The standard InChI is InChI=1S/C16H16N2O3S2/c1-18-10-15(13-4-2-3-5-14(13)18)23(20,21)17-16(19)7-6-12-8-9-22-11-12/h2-5,8-11H,6-7H2,1H3,(H,17,19). The van der Waals surface area contributed by atoms with Gasteiger partial charge in [0.2, 0.25) is 5.91 Å². The van der Waals surface area contributed by atoms with Gasteiger partial charge in [-0.3, -0.25) is 4.79 Å². The van der Waals surface area contributed by atoms with Gasteiger partial charge in [-0.05, 0) is 34.9 Å². The predicted octanol–water partition coefficient (Wildman–Crippen LogP) is 2.68. The van der Waals surface area contributed by atoms with Crippen molar-refractivity contribution in [2.24, 2.45) is 7.05 Å². The summed E-state index contributed by atoms with van der Waals surface area (Å²) in [4.78, 5) is 12.1. The van der Waals surface area contributed by atoms with Crippen molar-refractivity contribution in [3.8, 4) is 0 Å². The minimum Gasteiger partial charge on any atom is -0.349 e. The van der Waals surface area contributed by atoms with Gasteiger partial charge in [-0.1, -0.05) is 18.2 Å². The van der Waals surface area contributed by atoms with Crippen LogP contribution in [0.15, 0.2) is 52.2 Å². The molecule has 0 atom stereocenters. The fraction of sp³-hybridized carbons (Fsp3) is 0.188. The summed E-state index contributed by atoms with van der Waals surface area (Å²) in [5.74, 6) is -0.496. The van der Waals surface area contributed by atoms with E-state index in [2.05, 4.69) is 4.72 Å². The molecule has 3 rings (SSSR count). The molecule has 0 unspecified atom stereocenters. The minimum absolute atomic E-state index is 0.125. The number of hydrogen-bond donors (Lipinski definition) is 1. The third-order valence-corrected chi connectivity index (χ3v) is 5.75. The molecule has 0 spiro atoms. The lowest BCUT2D eigenvalue weighted by molar-refractivity contribution is -0.119. The summed E-state index contributed by atoms with van der Waals surface area (Å²) in [5, 5.41) is 4.49. The van der Waals surface area contributed by atoms with Gasteiger partial charge in [-0.2, -0.15) is 11.3 Å². The van der Waals surface area contributed by atoms with Crippen LogP contribution in [0.25, 0.3) is 10.9 Å². The Kier molecular flexibility index (Phi) is 4.23. The van der Waals surface area contributed by atoms with E-state index in [1.54, 1.807) is 35.1 Å². The van der Waals surface area contributed by atoms with Crippen LogP contribution in [-0.4, -0.2) is 18.9 Å². The first-order valence-corrected chi connectivity index (χ1v) is 9.51. The van der Waals surface area contributed by atoms with E-state index in [4.69, 9.17) is 0 Å². The normalized spacial score (nSPS) is 11.7. The largest absolute Gasteiger partial charge is 0.349 e. The molecule has 120 valence electrons. The maximum atomic E-state index is 12.5. The van der Waals surface area contributed by atoms with Crippen molar-refractivity contribution in [1.29, 1.82) is 0 Å². The van der Waals surface area contributed by atoms with Crippen LogP contribution in [0.3, 0.4) is 0 Å². The van der Waals surface area contributed by atoms with Gasteiger partial charge in [0.25, 0.3) is 10.0 Å². The SMILES string of the molecule is Cn1cc(S(=O)(=O)NC(=O)CCc2ccsc2)c2ccccc21. The van der Waals surface area contributed by atoms with Crippen molar-refractivity contribution in [2.75, 3.05) is 0 Å². The van der Waals surface area contributed by atoms with Crippen molar-refractivity contribution in [2.45, 2.75) is 17.7 Å².